The van der Waals surface area contributed by atoms with E-state index in [4.69, 9.17) is 18.9 Å². The van der Waals surface area contributed by atoms with Gasteiger partial charge in [-0.25, -0.2) is 22.0 Å². The number of hydrogen-bond donors (Lipinski definition) is 0. The lowest BCUT2D eigenvalue weighted by Gasteiger charge is -2.20. The summed E-state index contributed by atoms with van der Waals surface area (Å²) >= 11 is 3.41. The number of hydrogen-bond acceptors (Lipinski definition) is 5. The number of benzene rings is 3. The average Bonchev–Trinajstić information content (AvgIpc) is 3.16. The van der Waals surface area contributed by atoms with Crippen LogP contribution in [0, 0.1) is 36.0 Å². The molecule has 2 heterocycles. The van der Waals surface area contributed by atoms with Gasteiger partial charge in [0, 0.05) is 21.7 Å². The standard InChI is InChI=1S/C25H14BrF5O5/c1-10-2-14(34-8-15-19(27)21(29)23(31)22(30)20(15)28)6-16-18(10)24(32)17(36-16)5-11-3-13(26)4-12-7-33-9-35-25(11)12/h2-6H,7-9H2,1H3/b17-5-. The third kappa shape index (κ3) is 4.11. The van der Waals surface area contributed by atoms with Gasteiger partial charge in [0.15, 0.2) is 35.8 Å². The number of allylic oxidation sites excluding steroid dienone is 1. The van der Waals surface area contributed by atoms with Gasteiger partial charge in [-0.3, -0.25) is 4.79 Å². The number of ketones is 1. The second kappa shape index (κ2) is 9.21. The van der Waals surface area contributed by atoms with Crippen LogP contribution in [0.4, 0.5) is 22.0 Å². The summed E-state index contributed by atoms with van der Waals surface area (Å²) in [4.78, 5) is 13.0. The van der Waals surface area contributed by atoms with Gasteiger partial charge < -0.3 is 18.9 Å². The van der Waals surface area contributed by atoms with Crippen LogP contribution in [0.1, 0.15) is 32.6 Å². The van der Waals surface area contributed by atoms with Crippen LogP contribution in [-0.4, -0.2) is 12.6 Å². The molecular weight excluding hydrogens is 555 g/mol. The summed E-state index contributed by atoms with van der Waals surface area (Å²) in [5.74, 6) is -10.1. The van der Waals surface area contributed by atoms with Crippen LogP contribution in [0.15, 0.2) is 34.5 Å². The zero-order valence-electron chi connectivity index (χ0n) is 18.3. The number of carbonyl (C=O) groups is 1. The third-order valence-corrected chi connectivity index (χ3v) is 6.08. The number of ether oxygens (including phenoxy) is 4. The minimum Gasteiger partial charge on any atom is -0.489 e. The Morgan fingerprint density at radius 1 is 1.00 bits per heavy atom. The molecule has 0 saturated heterocycles. The maximum Gasteiger partial charge on any atom is 0.232 e. The van der Waals surface area contributed by atoms with Crippen molar-refractivity contribution in [1.29, 1.82) is 0 Å². The molecular formula is C25H14BrF5O5. The second-order valence-corrected chi connectivity index (χ2v) is 8.90. The smallest absolute Gasteiger partial charge is 0.232 e. The minimum atomic E-state index is -2.25. The lowest BCUT2D eigenvalue weighted by Crippen LogP contribution is -2.12. The molecule has 2 aliphatic heterocycles. The first-order valence-corrected chi connectivity index (χ1v) is 11.2. The van der Waals surface area contributed by atoms with Crippen molar-refractivity contribution >= 4 is 27.8 Å². The molecule has 0 N–H and O–H groups in total. The van der Waals surface area contributed by atoms with Crippen molar-refractivity contribution < 1.29 is 45.7 Å². The summed E-state index contributed by atoms with van der Waals surface area (Å²) in [6.07, 6.45) is 1.52. The Hall–Kier alpha value is -3.44. The Balaban J connectivity index is 1.44. The minimum absolute atomic E-state index is 0.000377. The van der Waals surface area contributed by atoms with Gasteiger partial charge in [0.1, 0.15) is 23.9 Å². The highest BCUT2D eigenvalue weighted by Gasteiger charge is 2.31. The molecule has 0 saturated carbocycles. The van der Waals surface area contributed by atoms with Crippen LogP contribution in [0.5, 0.6) is 17.2 Å². The zero-order valence-corrected chi connectivity index (χ0v) is 19.9. The molecule has 186 valence electrons. The van der Waals surface area contributed by atoms with Crippen molar-refractivity contribution in [3.8, 4) is 17.2 Å². The zero-order chi connectivity index (χ0) is 25.7. The summed E-state index contributed by atoms with van der Waals surface area (Å²) in [5.41, 5.74) is 0.919. The maximum atomic E-state index is 14.0. The molecule has 0 fully saturated rings. The fourth-order valence-electron chi connectivity index (χ4n) is 3.95. The lowest BCUT2D eigenvalue weighted by atomic mass is 10.0. The van der Waals surface area contributed by atoms with E-state index in [1.807, 2.05) is 6.07 Å². The molecule has 36 heavy (non-hydrogen) atoms. The largest absolute Gasteiger partial charge is 0.489 e. The van der Waals surface area contributed by atoms with E-state index in [9.17, 15) is 26.7 Å². The van der Waals surface area contributed by atoms with Crippen LogP contribution in [0.2, 0.25) is 0 Å². The van der Waals surface area contributed by atoms with Gasteiger partial charge in [0.05, 0.1) is 17.7 Å². The van der Waals surface area contributed by atoms with Crippen molar-refractivity contribution in [2.24, 2.45) is 0 Å². The molecule has 0 unspecified atom stereocenters. The first kappa shape index (κ1) is 24.3. The molecule has 0 bridgehead atoms. The molecule has 11 heteroatoms. The first-order valence-electron chi connectivity index (χ1n) is 10.4. The molecule has 5 nitrogen and oxygen atoms in total. The molecule has 0 aromatic heterocycles. The molecule has 5 rings (SSSR count). The van der Waals surface area contributed by atoms with Gasteiger partial charge in [-0.05, 0) is 36.8 Å². The Labute approximate surface area is 209 Å². The molecule has 0 spiro atoms. The van der Waals surface area contributed by atoms with E-state index in [0.717, 1.165) is 10.0 Å². The maximum absolute atomic E-state index is 14.0. The average molecular weight is 569 g/mol. The highest BCUT2D eigenvalue weighted by Crippen LogP contribution is 2.40. The Bertz CT molecular complexity index is 1440. The lowest BCUT2D eigenvalue weighted by molar-refractivity contribution is -0.0165. The number of rotatable bonds is 4. The van der Waals surface area contributed by atoms with Gasteiger partial charge in [-0.1, -0.05) is 15.9 Å². The Morgan fingerprint density at radius 3 is 2.42 bits per heavy atom. The SMILES string of the molecule is Cc1cc(OCc2c(F)c(F)c(F)c(F)c2F)cc2c1C(=O)/C(=C/c1cc(Br)cc3c1OCOC3)O2. The van der Waals surface area contributed by atoms with Gasteiger partial charge in [-0.15, -0.1) is 0 Å². The second-order valence-electron chi connectivity index (χ2n) is 7.98. The monoisotopic (exact) mass is 568 g/mol. The Kier molecular flexibility index (Phi) is 6.21. The van der Waals surface area contributed by atoms with Crippen LogP contribution >= 0.6 is 15.9 Å². The van der Waals surface area contributed by atoms with Gasteiger partial charge in [-0.2, -0.15) is 0 Å². The normalized spacial score (nSPS) is 15.4. The number of carbonyl (C=O) groups excluding carboxylic acids is 1. The van der Waals surface area contributed by atoms with Crippen LogP contribution in [0.25, 0.3) is 6.08 Å². The van der Waals surface area contributed by atoms with Crippen LogP contribution in [-0.2, 0) is 18.0 Å². The molecule has 0 amide bonds. The molecule has 3 aromatic rings. The predicted molar refractivity (Wildman–Crippen MR) is 119 cm³/mol. The Morgan fingerprint density at radius 2 is 1.69 bits per heavy atom. The van der Waals surface area contributed by atoms with Crippen molar-refractivity contribution in [2.45, 2.75) is 20.1 Å². The topological polar surface area (TPSA) is 54.0 Å². The summed E-state index contributed by atoms with van der Waals surface area (Å²) in [6, 6.07) is 6.29. The van der Waals surface area contributed by atoms with Crippen LogP contribution < -0.4 is 14.2 Å². The first-order chi connectivity index (χ1) is 17.2. The highest BCUT2D eigenvalue weighted by atomic mass is 79.9. The molecule has 3 aromatic carbocycles. The van der Waals surface area contributed by atoms with E-state index in [-0.39, 0.29) is 29.6 Å². The predicted octanol–water partition coefficient (Wildman–Crippen LogP) is 6.51. The number of fused-ring (bicyclic) bond motifs is 2. The van der Waals surface area contributed by atoms with E-state index in [1.54, 1.807) is 13.0 Å². The van der Waals surface area contributed by atoms with Crippen molar-refractivity contribution in [1.82, 2.24) is 0 Å². The van der Waals surface area contributed by atoms with Crippen molar-refractivity contribution in [2.75, 3.05) is 6.79 Å². The van der Waals surface area contributed by atoms with Gasteiger partial charge in [0.25, 0.3) is 0 Å². The molecule has 2 aliphatic rings. The van der Waals surface area contributed by atoms with E-state index in [1.165, 1.54) is 18.2 Å². The highest BCUT2D eigenvalue weighted by molar-refractivity contribution is 9.10. The summed E-state index contributed by atoms with van der Waals surface area (Å²) < 4.78 is 90.8. The number of aryl methyl sites for hydroxylation is 1. The summed E-state index contributed by atoms with van der Waals surface area (Å²) in [6.45, 7) is 1.05. The van der Waals surface area contributed by atoms with Gasteiger partial charge >= 0.3 is 0 Å². The fraction of sp³-hybridized carbons (Fsp3) is 0.160. The van der Waals surface area contributed by atoms with E-state index >= 15 is 0 Å². The molecule has 0 aliphatic carbocycles. The summed E-state index contributed by atoms with van der Waals surface area (Å²) in [5, 5.41) is 0. The number of halogens is 6. The van der Waals surface area contributed by atoms with E-state index in [2.05, 4.69) is 15.9 Å². The van der Waals surface area contributed by atoms with E-state index < -0.39 is 47.0 Å². The van der Waals surface area contributed by atoms with E-state index in [0.29, 0.717) is 23.5 Å². The van der Waals surface area contributed by atoms with Crippen molar-refractivity contribution in [3.63, 3.8) is 0 Å². The van der Waals surface area contributed by atoms with Crippen molar-refractivity contribution in [3.05, 3.63) is 91.4 Å². The molecule has 0 atom stereocenters. The quantitative estimate of drug-likeness (QED) is 0.155. The third-order valence-electron chi connectivity index (χ3n) is 5.62. The van der Waals surface area contributed by atoms with Crippen LogP contribution in [0.3, 0.4) is 0 Å². The fourth-order valence-corrected chi connectivity index (χ4v) is 4.47. The summed E-state index contributed by atoms with van der Waals surface area (Å²) in [7, 11) is 0. The molecule has 0 radical (unpaired) electrons. The van der Waals surface area contributed by atoms with Gasteiger partial charge in [0.2, 0.25) is 11.6 Å². The number of Topliss-reactive ketones (excluding diaryl/α,β-unsaturated/α-hetero) is 1.